The number of morpholine rings is 1. The minimum atomic E-state index is -0.598. The van der Waals surface area contributed by atoms with Crippen molar-refractivity contribution < 1.29 is 19.0 Å². The molecule has 1 aliphatic rings. The molecule has 2 heterocycles. The second-order valence-electron chi connectivity index (χ2n) is 3.89. The number of rotatable bonds is 2. The second kappa shape index (κ2) is 5.74. The average molecular weight is 255 g/mol. The molecule has 0 saturated carbocycles. The lowest BCUT2D eigenvalue weighted by Gasteiger charge is -2.34. The van der Waals surface area contributed by atoms with Gasteiger partial charge in [-0.2, -0.15) is 0 Å². The van der Waals surface area contributed by atoms with Crippen LogP contribution in [-0.2, 0) is 4.74 Å². The van der Waals surface area contributed by atoms with Crippen molar-refractivity contribution >= 4 is 11.7 Å². The molecule has 0 spiro atoms. The summed E-state index contributed by atoms with van der Waals surface area (Å²) in [5.41, 5.74) is 0.0678. The average Bonchev–Trinajstić information content (AvgIpc) is 2.41. The SMILES string of the molecule is O=C(Nc1ccncc1F)N1CCOC[C@@H]1CO. The lowest BCUT2D eigenvalue weighted by molar-refractivity contribution is -0.00486. The van der Waals surface area contributed by atoms with Crippen LogP contribution in [0.25, 0.3) is 0 Å². The Morgan fingerprint density at radius 1 is 1.72 bits per heavy atom. The van der Waals surface area contributed by atoms with Crippen molar-refractivity contribution in [3.05, 3.63) is 24.3 Å². The van der Waals surface area contributed by atoms with E-state index >= 15 is 0 Å². The lowest BCUT2D eigenvalue weighted by Crippen LogP contribution is -2.52. The Bertz CT molecular complexity index is 430. The molecular weight excluding hydrogens is 241 g/mol. The largest absolute Gasteiger partial charge is 0.394 e. The summed E-state index contributed by atoms with van der Waals surface area (Å²) in [6.07, 6.45) is 2.42. The van der Waals surface area contributed by atoms with E-state index in [0.717, 1.165) is 6.20 Å². The lowest BCUT2D eigenvalue weighted by atomic mass is 10.2. The first-order valence-electron chi connectivity index (χ1n) is 5.58. The third kappa shape index (κ3) is 2.74. The number of amides is 2. The molecule has 1 fully saturated rings. The number of anilines is 1. The molecule has 1 atom stereocenters. The van der Waals surface area contributed by atoms with Gasteiger partial charge >= 0.3 is 6.03 Å². The third-order valence-corrected chi connectivity index (χ3v) is 2.71. The Labute approximate surface area is 103 Å². The summed E-state index contributed by atoms with van der Waals surface area (Å²) >= 11 is 0. The first-order chi connectivity index (χ1) is 8.72. The van der Waals surface area contributed by atoms with E-state index < -0.39 is 17.9 Å². The maximum atomic E-state index is 13.3. The number of hydrogen-bond donors (Lipinski definition) is 2. The Hall–Kier alpha value is -1.73. The summed E-state index contributed by atoms with van der Waals surface area (Å²) in [6.45, 7) is 0.863. The molecule has 0 radical (unpaired) electrons. The number of nitrogens with one attached hydrogen (secondary N) is 1. The van der Waals surface area contributed by atoms with Crippen LogP contribution >= 0.6 is 0 Å². The smallest absolute Gasteiger partial charge is 0.322 e. The molecule has 7 heteroatoms. The van der Waals surface area contributed by atoms with Crippen LogP contribution in [0, 0.1) is 5.82 Å². The van der Waals surface area contributed by atoms with Crippen LogP contribution in [0.4, 0.5) is 14.9 Å². The molecule has 2 amide bonds. The molecule has 1 saturated heterocycles. The number of aliphatic hydroxyl groups is 1. The summed E-state index contributed by atoms with van der Waals surface area (Å²) in [5, 5.41) is 11.6. The number of aliphatic hydroxyl groups excluding tert-OH is 1. The van der Waals surface area contributed by atoms with Crippen molar-refractivity contribution in [3.8, 4) is 0 Å². The van der Waals surface area contributed by atoms with Gasteiger partial charge in [-0.3, -0.25) is 4.98 Å². The number of pyridine rings is 1. The van der Waals surface area contributed by atoms with Crippen LogP contribution in [0.15, 0.2) is 18.5 Å². The molecule has 0 unspecified atom stereocenters. The van der Waals surface area contributed by atoms with Crippen molar-refractivity contribution in [1.29, 1.82) is 0 Å². The molecule has 0 bridgehead atoms. The minimum absolute atomic E-state index is 0.0678. The molecule has 0 aliphatic carbocycles. The predicted octanol–water partition coefficient (Wildman–Crippen LogP) is 0.446. The van der Waals surface area contributed by atoms with E-state index in [-0.39, 0.29) is 18.9 Å². The molecular formula is C11H14FN3O3. The number of ether oxygens (including phenoxy) is 1. The van der Waals surface area contributed by atoms with Crippen molar-refractivity contribution in [2.45, 2.75) is 6.04 Å². The Morgan fingerprint density at radius 3 is 3.28 bits per heavy atom. The highest BCUT2D eigenvalue weighted by molar-refractivity contribution is 5.89. The van der Waals surface area contributed by atoms with Gasteiger partial charge in [-0.25, -0.2) is 9.18 Å². The zero-order chi connectivity index (χ0) is 13.0. The number of carbonyl (C=O) groups excluding carboxylic acids is 1. The van der Waals surface area contributed by atoms with Gasteiger partial charge in [-0.05, 0) is 6.07 Å². The van der Waals surface area contributed by atoms with E-state index in [4.69, 9.17) is 9.84 Å². The highest BCUT2D eigenvalue weighted by atomic mass is 19.1. The topological polar surface area (TPSA) is 74.7 Å². The summed E-state index contributed by atoms with van der Waals surface area (Å²) < 4.78 is 18.5. The van der Waals surface area contributed by atoms with Gasteiger partial charge < -0.3 is 20.1 Å². The van der Waals surface area contributed by atoms with E-state index in [1.54, 1.807) is 0 Å². The van der Waals surface area contributed by atoms with Crippen molar-refractivity contribution in [2.24, 2.45) is 0 Å². The van der Waals surface area contributed by atoms with Gasteiger partial charge in [0, 0.05) is 12.7 Å². The fraction of sp³-hybridized carbons (Fsp3) is 0.455. The van der Waals surface area contributed by atoms with Crippen molar-refractivity contribution in [1.82, 2.24) is 9.88 Å². The van der Waals surface area contributed by atoms with E-state index in [1.807, 2.05) is 0 Å². The van der Waals surface area contributed by atoms with Crippen LogP contribution in [0.5, 0.6) is 0 Å². The Kier molecular flexibility index (Phi) is 4.06. The van der Waals surface area contributed by atoms with Gasteiger partial charge in [0.2, 0.25) is 0 Å². The highest BCUT2D eigenvalue weighted by Crippen LogP contribution is 2.14. The number of nitrogens with zero attached hydrogens (tertiary/aromatic N) is 2. The van der Waals surface area contributed by atoms with E-state index in [9.17, 15) is 9.18 Å². The van der Waals surface area contributed by atoms with Crippen LogP contribution in [-0.4, -0.2) is 53.4 Å². The molecule has 0 aromatic carbocycles. The minimum Gasteiger partial charge on any atom is -0.394 e. The van der Waals surface area contributed by atoms with E-state index in [2.05, 4.69) is 10.3 Å². The number of urea groups is 1. The summed E-state index contributed by atoms with van der Waals surface area (Å²) in [4.78, 5) is 17.0. The van der Waals surface area contributed by atoms with Crippen molar-refractivity contribution in [3.63, 3.8) is 0 Å². The third-order valence-electron chi connectivity index (χ3n) is 2.71. The Balaban J connectivity index is 2.05. The fourth-order valence-electron chi connectivity index (χ4n) is 1.74. The normalized spacial score (nSPS) is 19.7. The zero-order valence-electron chi connectivity index (χ0n) is 9.67. The first kappa shape index (κ1) is 12.7. The number of aromatic nitrogens is 1. The van der Waals surface area contributed by atoms with Crippen LogP contribution in [0.3, 0.4) is 0 Å². The van der Waals surface area contributed by atoms with Gasteiger partial charge in [0.25, 0.3) is 0 Å². The molecule has 2 N–H and O–H groups in total. The number of hydrogen-bond acceptors (Lipinski definition) is 4. The van der Waals surface area contributed by atoms with Crippen LogP contribution in [0.1, 0.15) is 0 Å². The van der Waals surface area contributed by atoms with E-state index in [0.29, 0.717) is 13.2 Å². The monoisotopic (exact) mass is 255 g/mol. The second-order valence-corrected chi connectivity index (χ2v) is 3.89. The van der Waals surface area contributed by atoms with Crippen LogP contribution in [0.2, 0.25) is 0 Å². The number of carbonyl (C=O) groups is 1. The standard InChI is InChI=1S/C11H14FN3O3/c12-9-5-13-2-1-10(9)14-11(17)15-3-4-18-7-8(15)6-16/h1-2,5,8,16H,3-4,6-7H2,(H,13,14,17)/t8-/m0/s1. The highest BCUT2D eigenvalue weighted by Gasteiger charge is 2.27. The summed E-state index contributed by atoms with van der Waals surface area (Å²) in [6, 6.07) is 0.521. The molecule has 18 heavy (non-hydrogen) atoms. The summed E-state index contributed by atoms with van der Waals surface area (Å²) in [5.74, 6) is -0.598. The van der Waals surface area contributed by atoms with Gasteiger partial charge in [-0.15, -0.1) is 0 Å². The molecule has 1 aromatic heterocycles. The maximum Gasteiger partial charge on any atom is 0.322 e. The van der Waals surface area contributed by atoms with Gasteiger partial charge in [-0.1, -0.05) is 0 Å². The summed E-state index contributed by atoms with van der Waals surface area (Å²) in [7, 11) is 0. The Morgan fingerprint density at radius 2 is 2.56 bits per heavy atom. The molecule has 1 aromatic rings. The first-order valence-corrected chi connectivity index (χ1v) is 5.58. The van der Waals surface area contributed by atoms with Gasteiger partial charge in [0.15, 0.2) is 5.82 Å². The molecule has 2 rings (SSSR count). The zero-order valence-corrected chi connectivity index (χ0v) is 9.67. The molecule has 98 valence electrons. The quantitative estimate of drug-likeness (QED) is 0.804. The van der Waals surface area contributed by atoms with Crippen LogP contribution < -0.4 is 5.32 Å². The predicted molar refractivity (Wildman–Crippen MR) is 61.6 cm³/mol. The molecule has 1 aliphatic heterocycles. The van der Waals surface area contributed by atoms with E-state index in [1.165, 1.54) is 17.2 Å². The number of halogens is 1. The molecule has 6 nitrogen and oxygen atoms in total. The van der Waals surface area contributed by atoms with Gasteiger partial charge in [0.05, 0.1) is 37.7 Å². The fourth-order valence-corrected chi connectivity index (χ4v) is 1.74. The maximum absolute atomic E-state index is 13.3. The van der Waals surface area contributed by atoms with Crippen molar-refractivity contribution in [2.75, 3.05) is 31.7 Å². The van der Waals surface area contributed by atoms with Gasteiger partial charge in [0.1, 0.15) is 0 Å².